The normalized spacial score (nSPS) is 56.3. The van der Waals surface area contributed by atoms with Gasteiger partial charge in [0.1, 0.15) is 6.61 Å². The molecule has 1 N–H and O–H groups in total. The van der Waals surface area contributed by atoms with Crippen molar-refractivity contribution in [1.29, 1.82) is 0 Å². The van der Waals surface area contributed by atoms with E-state index in [1.54, 1.807) is 0 Å². The maximum Gasteiger partial charge on any atom is 0.201 e. The third-order valence-electron chi connectivity index (χ3n) is 19.2. The highest BCUT2D eigenvalue weighted by molar-refractivity contribution is 5.12. The summed E-state index contributed by atoms with van der Waals surface area (Å²) in [5.74, 6) is 6.99. The predicted octanol–water partition coefficient (Wildman–Crippen LogP) is 8.27. The molecule has 0 aromatic rings. The first-order chi connectivity index (χ1) is 32.0. The standard InChI is InChI=1S/C19H28O5.C18H26O5.C15H24O5/c1-5-6-11-20-16-13(3)15-8-7-12(2)14-9-10-18(4)22-17(21-16)19(14,15)24-23-18;1-5-10-19-15-12(3)14-7-6-11(2)13-8-9-17(4)21-16(20-15)18(13,14)23-22-17;1-8-4-5-11-9(2)12(16)17-13-15(11)10(8)6-7-14(3,18-13)19-20-15/h1,12-17H,6-11H2,2-4H3;1,11-16H,6-10H2,2-4H3;8-13,16H,4-7H2,1-3H3/t12-,13-,14+,15+,16-,17-,18+,19-;11-,12-,13+,14+,15-,16-,17+,18-;8-,9-,10+,11+,12-,13-,14+,15-/m111/s1. The largest absolute Gasteiger partial charge is 0.368 e. The van der Waals surface area contributed by atoms with Gasteiger partial charge in [0, 0.05) is 61.2 Å². The van der Waals surface area contributed by atoms with Crippen molar-refractivity contribution >= 4 is 0 Å². The number of fused-ring (bicyclic) bond motifs is 6. The van der Waals surface area contributed by atoms with Crippen molar-refractivity contribution in [3.8, 4) is 24.7 Å². The monoisotopic (exact) mass is 943 g/mol. The minimum absolute atomic E-state index is 0.0379. The molecule has 0 amide bonds. The average molecular weight is 943 g/mol. The summed E-state index contributed by atoms with van der Waals surface area (Å²) in [6.45, 7) is 19.8. The lowest BCUT2D eigenvalue weighted by atomic mass is 9.58. The Morgan fingerprint density at radius 2 is 0.866 bits per heavy atom. The molecule has 0 aromatic carbocycles. The zero-order valence-electron chi connectivity index (χ0n) is 41.3. The van der Waals surface area contributed by atoms with Crippen LogP contribution in [0.2, 0.25) is 0 Å². The molecular weight excluding hydrogens is 865 g/mol. The van der Waals surface area contributed by atoms with Crippen molar-refractivity contribution in [2.45, 2.75) is 218 Å². The molecule has 3 aliphatic carbocycles. The fourth-order valence-corrected chi connectivity index (χ4v) is 15.4. The Balaban J connectivity index is 0.000000118. The second-order valence-corrected chi connectivity index (χ2v) is 23.2. The van der Waals surface area contributed by atoms with Gasteiger partial charge in [-0.2, -0.15) is 0 Å². The van der Waals surface area contributed by atoms with E-state index in [1.807, 2.05) is 27.7 Å². The highest BCUT2D eigenvalue weighted by atomic mass is 17.3. The van der Waals surface area contributed by atoms with Crippen LogP contribution in [-0.4, -0.2) is 90.2 Å². The molecule has 3 saturated carbocycles. The Bertz CT molecular complexity index is 1870. The van der Waals surface area contributed by atoms with Gasteiger partial charge < -0.3 is 43.0 Å². The summed E-state index contributed by atoms with van der Waals surface area (Å²) in [4.78, 5) is 35.3. The van der Waals surface area contributed by atoms with E-state index in [-0.39, 0.29) is 48.8 Å². The summed E-state index contributed by atoms with van der Waals surface area (Å²) >= 11 is 0. The maximum absolute atomic E-state index is 10.2. The summed E-state index contributed by atoms with van der Waals surface area (Å²) in [6, 6.07) is 0. The Morgan fingerprint density at radius 3 is 1.27 bits per heavy atom. The van der Waals surface area contributed by atoms with Gasteiger partial charge >= 0.3 is 0 Å². The number of hydrogen-bond acceptors (Lipinski definition) is 15. The Kier molecular flexibility index (Phi) is 13.4. The van der Waals surface area contributed by atoms with E-state index < -0.39 is 59.3 Å². The number of ether oxygens (including phenoxy) is 8. The Morgan fingerprint density at radius 1 is 0.478 bits per heavy atom. The molecule has 12 heterocycles. The molecule has 3 spiro atoms. The second-order valence-electron chi connectivity index (χ2n) is 23.2. The molecule has 0 aromatic heterocycles. The topological polar surface area (TPSA) is 149 Å². The molecule has 376 valence electrons. The minimum atomic E-state index is -0.781. The van der Waals surface area contributed by atoms with Crippen LogP contribution in [0.15, 0.2) is 0 Å². The molecule has 6 bridgehead atoms. The number of aliphatic hydroxyl groups is 1. The molecule has 15 rings (SSSR count). The molecule has 12 saturated heterocycles. The van der Waals surface area contributed by atoms with Crippen molar-refractivity contribution in [3.05, 3.63) is 0 Å². The smallest absolute Gasteiger partial charge is 0.201 e. The maximum atomic E-state index is 10.2. The van der Waals surface area contributed by atoms with E-state index in [2.05, 4.69) is 46.5 Å². The van der Waals surface area contributed by atoms with Gasteiger partial charge in [0.05, 0.1) is 6.61 Å². The van der Waals surface area contributed by atoms with Crippen LogP contribution < -0.4 is 0 Å². The number of terminal acetylenes is 2. The van der Waals surface area contributed by atoms with Crippen molar-refractivity contribution in [1.82, 2.24) is 0 Å². The minimum Gasteiger partial charge on any atom is -0.368 e. The van der Waals surface area contributed by atoms with Gasteiger partial charge in [-0.05, 0) is 114 Å². The number of hydrogen-bond donors (Lipinski definition) is 1. The summed E-state index contributed by atoms with van der Waals surface area (Å²) < 4.78 is 48.6. The zero-order chi connectivity index (χ0) is 47.3. The van der Waals surface area contributed by atoms with Crippen LogP contribution in [0.25, 0.3) is 0 Å². The van der Waals surface area contributed by atoms with Crippen LogP contribution in [0.3, 0.4) is 0 Å². The molecule has 12 aliphatic heterocycles. The number of aliphatic hydroxyl groups excluding tert-OH is 1. The molecule has 0 unspecified atom stereocenters. The van der Waals surface area contributed by atoms with Gasteiger partial charge in [0.2, 0.25) is 17.4 Å². The molecule has 15 aliphatic rings. The van der Waals surface area contributed by atoms with Crippen LogP contribution >= 0.6 is 0 Å². The molecule has 15 nitrogen and oxygen atoms in total. The molecule has 15 heteroatoms. The fourth-order valence-electron chi connectivity index (χ4n) is 15.4. The fraction of sp³-hybridized carbons (Fsp3) is 0.923. The van der Waals surface area contributed by atoms with Crippen LogP contribution in [-0.2, 0) is 67.2 Å². The van der Waals surface area contributed by atoms with Gasteiger partial charge in [0.15, 0.2) is 54.5 Å². The van der Waals surface area contributed by atoms with Crippen LogP contribution in [0, 0.1) is 95.7 Å². The first-order valence-corrected chi connectivity index (χ1v) is 25.8. The molecule has 15 fully saturated rings. The quantitative estimate of drug-likeness (QED) is 0.160. The molecular formula is C52H78O15. The summed E-state index contributed by atoms with van der Waals surface area (Å²) in [7, 11) is 0. The summed E-state index contributed by atoms with van der Waals surface area (Å²) in [5, 5.41) is 10.2. The number of rotatable bonds is 5. The van der Waals surface area contributed by atoms with Gasteiger partial charge in [0.25, 0.3) is 0 Å². The van der Waals surface area contributed by atoms with E-state index in [0.29, 0.717) is 54.5 Å². The van der Waals surface area contributed by atoms with Crippen LogP contribution in [0.1, 0.15) is 146 Å². The zero-order valence-corrected chi connectivity index (χ0v) is 41.3. The lowest BCUT2D eigenvalue weighted by molar-refractivity contribution is -0.577. The van der Waals surface area contributed by atoms with Gasteiger partial charge in [-0.3, -0.25) is 0 Å². The van der Waals surface area contributed by atoms with E-state index >= 15 is 0 Å². The van der Waals surface area contributed by atoms with E-state index in [1.165, 1.54) is 19.3 Å². The van der Waals surface area contributed by atoms with Crippen LogP contribution in [0.4, 0.5) is 0 Å². The van der Waals surface area contributed by atoms with Crippen molar-refractivity contribution < 1.29 is 72.3 Å². The van der Waals surface area contributed by atoms with Crippen molar-refractivity contribution in [3.63, 3.8) is 0 Å². The predicted molar refractivity (Wildman–Crippen MR) is 237 cm³/mol. The highest BCUT2D eigenvalue weighted by Crippen LogP contribution is 2.63. The first-order valence-electron chi connectivity index (χ1n) is 25.8. The van der Waals surface area contributed by atoms with Crippen molar-refractivity contribution in [2.75, 3.05) is 13.2 Å². The van der Waals surface area contributed by atoms with Gasteiger partial charge in [-0.1, -0.05) is 47.5 Å². The van der Waals surface area contributed by atoms with Gasteiger partial charge in [-0.15, -0.1) is 18.8 Å². The Labute approximate surface area is 397 Å². The highest BCUT2D eigenvalue weighted by Gasteiger charge is 2.72. The van der Waals surface area contributed by atoms with Gasteiger partial charge in [-0.25, -0.2) is 29.3 Å². The third-order valence-corrected chi connectivity index (χ3v) is 19.2. The third kappa shape index (κ3) is 7.91. The van der Waals surface area contributed by atoms with Crippen LogP contribution in [0.5, 0.6) is 0 Å². The lowest BCUT2D eigenvalue weighted by Crippen LogP contribution is -2.70. The molecule has 24 atom stereocenters. The lowest BCUT2D eigenvalue weighted by Gasteiger charge is -2.60. The second kappa shape index (κ2) is 18.2. The summed E-state index contributed by atoms with van der Waals surface area (Å²) in [6.07, 6.45) is 20.7. The Hall–Kier alpha value is -1.48. The molecule has 0 radical (unpaired) electrons. The van der Waals surface area contributed by atoms with Crippen molar-refractivity contribution in [2.24, 2.45) is 71.0 Å². The average Bonchev–Trinajstić information content (AvgIpc) is 3.79. The SMILES string of the molecule is C#CCCO[C@@H]1O[C@@H]2O[C@]3(C)CC[C@H]4[C@H](C)CC[C@@H]([C@H]1C)[C@@]24OO3.C#CCO[C@@H]1O[C@@H]2O[C@]3(C)CC[C@H]4[C@H](C)CC[C@@H]([C@H]1C)[C@@]24OO3.C[C@H]1[C@H](O)O[C@@H]2O[C@]3(C)CC[C@H]4[C@H](C)CC[C@@H]1[C@@]24OO3. The van der Waals surface area contributed by atoms with E-state index in [0.717, 1.165) is 57.8 Å². The van der Waals surface area contributed by atoms with E-state index in [9.17, 15) is 5.11 Å². The van der Waals surface area contributed by atoms with E-state index in [4.69, 9.17) is 80.1 Å². The summed E-state index contributed by atoms with van der Waals surface area (Å²) in [5.41, 5.74) is -1.59. The first kappa shape index (κ1) is 49.1. The molecule has 67 heavy (non-hydrogen) atoms.